The molecule has 0 amide bonds. The third kappa shape index (κ3) is 4.58. The molecule has 2 aromatic heterocycles. The van der Waals surface area contributed by atoms with Gasteiger partial charge in [0.05, 0.1) is 23.8 Å². The number of benzene rings is 2. The Morgan fingerprint density at radius 2 is 1.94 bits per heavy atom. The van der Waals surface area contributed by atoms with E-state index in [2.05, 4.69) is 15.2 Å². The summed E-state index contributed by atoms with van der Waals surface area (Å²) in [7, 11) is 1.64. The highest BCUT2D eigenvalue weighted by molar-refractivity contribution is 7.80. The van der Waals surface area contributed by atoms with Crippen LogP contribution in [0.5, 0.6) is 5.75 Å². The normalized spacial score (nSPS) is 17.3. The first-order valence-electron chi connectivity index (χ1n) is 11.0. The van der Waals surface area contributed by atoms with Gasteiger partial charge in [-0.15, -0.1) is 0 Å². The summed E-state index contributed by atoms with van der Waals surface area (Å²) in [5.74, 6) is 2.01. The van der Waals surface area contributed by atoms with Crippen LogP contribution in [0, 0.1) is 10.1 Å². The number of pyridine rings is 1. The molecule has 0 unspecified atom stereocenters. The Hall–Kier alpha value is -4.24. The maximum absolute atomic E-state index is 11.2. The summed E-state index contributed by atoms with van der Waals surface area (Å²) in [6.07, 6.45) is 1.75. The van der Waals surface area contributed by atoms with E-state index in [4.69, 9.17) is 21.4 Å². The molecule has 5 rings (SSSR count). The van der Waals surface area contributed by atoms with Crippen molar-refractivity contribution in [3.8, 4) is 17.1 Å². The predicted molar refractivity (Wildman–Crippen MR) is 135 cm³/mol. The number of nitro benzene ring substituents is 1. The highest BCUT2D eigenvalue weighted by Gasteiger charge is 2.41. The molecule has 1 fully saturated rings. The van der Waals surface area contributed by atoms with Crippen LogP contribution in [0.4, 0.5) is 5.69 Å². The zero-order valence-corrected chi connectivity index (χ0v) is 19.6. The Labute approximate surface area is 207 Å². The largest absolute Gasteiger partial charge is 0.497 e. The van der Waals surface area contributed by atoms with Gasteiger partial charge in [-0.2, -0.15) is 0 Å². The van der Waals surface area contributed by atoms with Crippen LogP contribution in [0.1, 0.15) is 29.1 Å². The molecule has 8 nitrogen and oxygen atoms in total. The highest BCUT2D eigenvalue weighted by atomic mass is 32.1. The molecule has 4 aromatic rings. The number of nitrogens with one attached hydrogen (secondary N) is 1. The van der Waals surface area contributed by atoms with Gasteiger partial charge in [0.2, 0.25) is 0 Å². The summed E-state index contributed by atoms with van der Waals surface area (Å²) in [5.41, 5.74) is 2.55. The van der Waals surface area contributed by atoms with Gasteiger partial charge in [-0.3, -0.25) is 15.1 Å². The van der Waals surface area contributed by atoms with Crippen molar-refractivity contribution in [1.29, 1.82) is 0 Å². The summed E-state index contributed by atoms with van der Waals surface area (Å²) in [6.45, 7) is 0.552. The molecule has 2 atom stereocenters. The first kappa shape index (κ1) is 22.5. The minimum atomic E-state index is -0.416. The zero-order valence-electron chi connectivity index (χ0n) is 18.8. The van der Waals surface area contributed by atoms with Crippen molar-refractivity contribution in [2.24, 2.45) is 0 Å². The van der Waals surface area contributed by atoms with Gasteiger partial charge in [0.1, 0.15) is 23.3 Å². The second kappa shape index (κ2) is 9.55. The summed E-state index contributed by atoms with van der Waals surface area (Å²) in [6, 6.07) is 23.2. The van der Waals surface area contributed by atoms with Gasteiger partial charge in [-0.05, 0) is 54.2 Å². The van der Waals surface area contributed by atoms with Crippen LogP contribution in [-0.2, 0) is 6.54 Å². The van der Waals surface area contributed by atoms with Gasteiger partial charge >= 0.3 is 0 Å². The number of aromatic nitrogens is 1. The summed E-state index contributed by atoms with van der Waals surface area (Å²) in [4.78, 5) is 17.4. The van der Waals surface area contributed by atoms with E-state index in [1.165, 1.54) is 12.1 Å². The number of rotatable bonds is 7. The molecular formula is C26H22N4O4S. The molecule has 1 aliphatic heterocycles. The van der Waals surface area contributed by atoms with Crippen molar-refractivity contribution in [1.82, 2.24) is 15.2 Å². The molecule has 0 bridgehead atoms. The van der Waals surface area contributed by atoms with Crippen LogP contribution < -0.4 is 10.1 Å². The van der Waals surface area contributed by atoms with Crippen LogP contribution in [0.2, 0.25) is 0 Å². The molecule has 0 radical (unpaired) electrons. The molecular weight excluding hydrogens is 464 g/mol. The Balaban J connectivity index is 1.51. The topological polar surface area (TPSA) is 93.7 Å². The maximum Gasteiger partial charge on any atom is 0.270 e. The third-order valence-corrected chi connectivity index (χ3v) is 6.32. The Kier molecular flexibility index (Phi) is 6.15. The van der Waals surface area contributed by atoms with Gasteiger partial charge in [0.15, 0.2) is 5.11 Å². The van der Waals surface area contributed by atoms with E-state index in [-0.39, 0.29) is 17.8 Å². The van der Waals surface area contributed by atoms with E-state index in [0.29, 0.717) is 28.7 Å². The van der Waals surface area contributed by atoms with E-state index in [1.807, 2.05) is 54.6 Å². The number of nitrogens with zero attached hydrogens (tertiary/aromatic N) is 3. The van der Waals surface area contributed by atoms with Gasteiger partial charge in [0.25, 0.3) is 5.69 Å². The van der Waals surface area contributed by atoms with Gasteiger partial charge in [-0.1, -0.05) is 30.3 Å². The smallest absolute Gasteiger partial charge is 0.270 e. The number of nitro groups is 1. The monoisotopic (exact) mass is 486 g/mol. The quantitative estimate of drug-likeness (QED) is 0.210. The van der Waals surface area contributed by atoms with E-state index in [1.54, 1.807) is 25.4 Å². The lowest BCUT2D eigenvalue weighted by Crippen LogP contribution is -2.29. The second-order valence-electron chi connectivity index (χ2n) is 8.11. The predicted octanol–water partition coefficient (Wildman–Crippen LogP) is 5.43. The van der Waals surface area contributed by atoms with Crippen LogP contribution in [0.3, 0.4) is 0 Å². The first-order valence-corrected chi connectivity index (χ1v) is 11.4. The van der Waals surface area contributed by atoms with Crippen molar-refractivity contribution in [2.45, 2.75) is 18.6 Å². The van der Waals surface area contributed by atoms with Gasteiger partial charge < -0.3 is 19.4 Å². The van der Waals surface area contributed by atoms with Crippen LogP contribution in [0.15, 0.2) is 89.5 Å². The van der Waals surface area contributed by atoms with Crippen molar-refractivity contribution >= 4 is 23.0 Å². The molecule has 0 spiro atoms. The molecule has 1 aliphatic rings. The fraction of sp³-hybridized carbons (Fsp3) is 0.154. The standard InChI is InChI=1S/C26H22N4O4S/c1-33-20-10-8-17(9-11-20)16-29-25(24(28-26(29)35)21-7-2-3-14-27-21)23-13-12-22(34-23)18-5-4-6-19(15-18)30(31)32/h2-15,24-25H,16H2,1H3,(H,28,35)/t24-,25+/m1/s1. The molecule has 0 aliphatic carbocycles. The molecule has 9 heteroatoms. The lowest BCUT2D eigenvalue weighted by molar-refractivity contribution is -0.384. The van der Waals surface area contributed by atoms with Crippen LogP contribution >= 0.6 is 12.2 Å². The summed E-state index contributed by atoms with van der Waals surface area (Å²) in [5, 5.41) is 15.2. The van der Waals surface area contributed by atoms with E-state index in [9.17, 15) is 10.1 Å². The van der Waals surface area contributed by atoms with E-state index in [0.717, 1.165) is 17.0 Å². The van der Waals surface area contributed by atoms with Crippen molar-refractivity contribution < 1.29 is 14.1 Å². The molecule has 0 saturated carbocycles. The molecule has 176 valence electrons. The number of non-ortho nitro benzene ring substituents is 1. The van der Waals surface area contributed by atoms with Crippen molar-refractivity contribution in [3.05, 3.63) is 112 Å². The van der Waals surface area contributed by atoms with Crippen molar-refractivity contribution in [2.75, 3.05) is 7.11 Å². The average molecular weight is 487 g/mol. The minimum absolute atomic E-state index is 0.0108. The molecule has 1 N–H and O–H groups in total. The van der Waals surface area contributed by atoms with Crippen molar-refractivity contribution in [3.63, 3.8) is 0 Å². The molecule has 3 heterocycles. The third-order valence-electron chi connectivity index (χ3n) is 5.97. The first-order chi connectivity index (χ1) is 17.0. The summed E-state index contributed by atoms with van der Waals surface area (Å²) >= 11 is 5.73. The Morgan fingerprint density at radius 1 is 1.11 bits per heavy atom. The van der Waals surface area contributed by atoms with Crippen LogP contribution in [-0.4, -0.2) is 27.0 Å². The minimum Gasteiger partial charge on any atom is -0.497 e. The lowest BCUT2D eigenvalue weighted by atomic mass is 10.0. The molecule has 1 saturated heterocycles. The number of furan rings is 1. The fourth-order valence-electron chi connectivity index (χ4n) is 4.25. The number of methoxy groups -OCH3 is 1. The van der Waals surface area contributed by atoms with Crippen LogP contribution in [0.25, 0.3) is 11.3 Å². The highest BCUT2D eigenvalue weighted by Crippen LogP contribution is 2.41. The Bertz CT molecular complexity index is 1360. The summed E-state index contributed by atoms with van der Waals surface area (Å²) < 4.78 is 11.6. The Morgan fingerprint density at radius 3 is 2.66 bits per heavy atom. The SMILES string of the molecule is COc1ccc(CN2C(=S)N[C@H](c3ccccn3)[C@@H]2c2ccc(-c3cccc([N+](=O)[O-])c3)o2)cc1. The maximum atomic E-state index is 11.2. The van der Waals surface area contributed by atoms with Gasteiger partial charge in [-0.25, -0.2) is 0 Å². The van der Waals surface area contributed by atoms with Gasteiger partial charge in [0, 0.05) is 30.4 Å². The fourth-order valence-corrected chi connectivity index (χ4v) is 4.56. The number of ether oxygens (including phenoxy) is 1. The lowest BCUT2D eigenvalue weighted by Gasteiger charge is -2.26. The molecule has 2 aromatic carbocycles. The van der Waals surface area contributed by atoms with E-state index >= 15 is 0 Å². The molecule has 35 heavy (non-hydrogen) atoms. The second-order valence-corrected chi connectivity index (χ2v) is 8.50. The number of thiocarbonyl (C=S) groups is 1. The average Bonchev–Trinajstić information content (AvgIpc) is 3.50. The zero-order chi connectivity index (χ0) is 24.4. The van der Waals surface area contributed by atoms with E-state index < -0.39 is 4.92 Å². The number of hydrogen-bond acceptors (Lipinski definition) is 6. The number of hydrogen-bond donors (Lipinski definition) is 1.